The molecule has 4 nitrogen and oxygen atoms in total. The Morgan fingerprint density at radius 2 is 1.94 bits per heavy atom. The van der Waals surface area contributed by atoms with Crippen molar-refractivity contribution >= 4 is 27.9 Å². The molecule has 5 heteroatoms. The molecule has 0 N–H and O–H groups in total. The van der Waals surface area contributed by atoms with Crippen LogP contribution in [0.2, 0.25) is 0 Å². The monoisotopic (exact) mass is 294 g/mol. The molecule has 0 aromatic rings. The van der Waals surface area contributed by atoms with E-state index in [9.17, 15) is 9.59 Å². The Morgan fingerprint density at radius 1 is 1.31 bits per heavy atom. The number of halogens is 1. The van der Waals surface area contributed by atoms with Gasteiger partial charge in [0.05, 0.1) is 19.6 Å². The molecule has 0 bridgehead atoms. The highest BCUT2D eigenvalue weighted by Gasteiger charge is 2.23. The summed E-state index contributed by atoms with van der Waals surface area (Å²) >= 11 is 3.21. The average molecular weight is 295 g/mol. The third kappa shape index (κ3) is 6.10. The summed E-state index contributed by atoms with van der Waals surface area (Å²) in [6, 6.07) is 0. The normalized spacial score (nSPS) is 14.0. The Morgan fingerprint density at radius 3 is 2.44 bits per heavy atom. The van der Waals surface area contributed by atoms with Gasteiger partial charge in [0.25, 0.3) is 0 Å². The van der Waals surface area contributed by atoms with Gasteiger partial charge in [0.2, 0.25) is 0 Å². The third-order valence-electron chi connectivity index (χ3n) is 2.16. The van der Waals surface area contributed by atoms with Gasteiger partial charge in [0, 0.05) is 0 Å². The van der Waals surface area contributed by atoms with Crippen LogP contribution in [0.4, 0.5) is 0 Å². The summed E-state index contributed by atoms with van der Waals surface area (Å²) in [7, 11) is 1.33. The summed E-state index contributed by atoms with van der Waals surface area (Å²) in [4.78, 5) is 22.1. The van der Waals surface area contributed by atoms with Gasteiger partial charge < -0.3 is 9.47 Å². The molecule has 16 heavy (non-hydrogen) atoms. The Hall–Kier alpha value is -0.580. The van der Waals surface area contributed by atoms with E-state index in [2.05, 4.69) is 20.7 Å². The van der Waals surface area contributed by atoms with Gasteiger partial charge in [-0.1, -0.05) is 36.2 Å². The summed E-state index contributed by atoms with van der Waals surface area (Å²) in [5.41, 5.74) is 0. The number of methoxy groups -OCH3 is 1. The van der Waals surface area contributed by atoms with Crippen LogP contribution in [-0.4, -0.2) is 30.5 Å². The number of rotatable bonds is 7. The van der Waals surface area contributed by atoms with Crippen molar-refractivity contribution in [2.24, 2.45) is 5.92 Å². The summed E-state index contributed by atoms with van der Waals surface area (Å²) < 4.78 is 9.60. The Kier molecular flexibility index (Phi) is 8.25. The predicted octanol–water partition coefficient (Wildman–Crippen LogP) is 2.29. The summed E-state index contributed by atoms with van der Waals surface area (Å²) in [6.07, 6.45) is 2.23. The fraction of sp³-hybridized carbons (Fsp3) is 0.818. The smallest absolute Gasteiger partial charge is 0.319 e. The second-order valence-electron chi connectivity index (χ2n) is 3.65. The van der Waals surface area contributed by atoms with Gasteiger partial charge in [-0.25, -0.2) is 0 Å². The molecular formula is C11H19BrO4. The van der Waals surface area contributed by atoms with Crippen LogP contribution in [0, 0.1) is 5.92 Å². The summed E-state index contributed by atoms with van der Waals surface area (Å²) in [6.45, 7) is 4.18. The van der Waals surface area contributed by atoms with Crippen molar-refractivity contribution in [1.29, 1.82) is 0 Å². The first-order valence-corrected chi connectivity index (χ1v) is 6.33. The molecule has 0 saturated heterocycles. The molecule has 94 valence electrons. The zero-order valence-corrected chi connectivity index (χ0v) is 11.6. The Bertz CT molecular complexity index is 230. The minimum atomic E-state index is -0.446. The number of alkyl halides is 1. The highest BCUT2D eigenvalue weighted by molar-refractivity contribution is 9.10. The van der Waals surface area contributed by atoms with Gasteiger partial charge >= 0.3 is 11.9 Å². The topological polar surface area (TPSA) is 52.6 Å². The van der Waals surface area contributed by atoms with Crippen molar-refractivity contribution < 1.29 is 19.1 Å². The number of esters is 2. The molecule has 0 amide bonds. The maximum atomic E-state index is 11.4. The number of hydrogen-bond acceptors (Lipinski definition) is 4. The van der Waals surface area contributed by atoms with E-state index in [0.29, 0.717) is 13.0 Å². The van der Waals surface area contributed by atoms with Crippen LogP contribution in [0.15, 0.2) is 0 Å². The Labute approximate surface area is 105 Å². The first-order chi connectivity index (χ1) is 7.52. The summed E-state index contributed by atoms with van der Waals surface area (Å²) in [5, 5.41) is 0. The maximum Gasteiger partial charge on any atom is 0.319 e. The molecule has 0 aliphatic carbocycles. The first-order valence-electron chi connectivity index (χ1n) is 5.41. The number of carbonyl (C=O) groups excluding carboxylic acids is 2. The van der Waals surface area contributed by atoms with E-state index in [4.69, 9.17) is 4.74 Å². The van der Waals surface area contributed by atoms with Crippen LogP contribution in [0.5, 0.6) is 0 Å². The van der Waals surface area contributed by atoms with Crippen molar-refractivity contribution in [1.82, 2.24) is 0 Å². The number of unbranched alkanes of at least 4 members (excludes halogenated alkanes) is 1. The van der Waals surface area contributed by atoms with Crippen LogP contribution in [-0.2, 0) is 19.1 Å². The van der Waals surface area contributed by atoms with Crippen LogP contribution in [0.3, 0.4) is 0 Å². The van der Waals surface area contributed by atoms with Crippen molar-refractivity contribution in [2.45, 2.75) is 37.9 Å². The van der Waals surface area contributed by atoms with Crippen molar-refractivity contribution in [3.05, 3.63) is 0 Å². The van der Waals surface area contributed by atoms with Gasteiger partial charge in [0.1, 0.15) is 4.83 Å². The second-order valence-corrected chi connectivity index (χ2v) is 4.75. The molecule has 0 saturated carbocycles. The zero-order valence-electron chi connectivity index (χ0n) is 9.99. The molecule has 0 spiro atoms. The quantitative estimate of drug-likeness (QED) is 0.411. The zero-order chi connectivity index (χ0) is 12.6. The van der Waals surface area contributed by atoms with Gasteiger partial charge in [-0.15, -0.1) is 0 Å². The van der Waals surface area contributed by atoms with E-state index in [1.165, 1.54) is 7.11 Å². The second kappa shape index (κ2) is 8.56. The van der Waals surface area contributed by atoms with Crippen LogP contribution < -0.4 is 0 Å². The van der Waals surface area contributed by atoms with Crippen LogP contribution >= 0.6 is 15.9 Å². The number of carbonyl (C=O) groups is 2. The molecular weight excluding hydrogens is 276 g/mol. The van der Waals surface area contributed by atoms with Gasteiger partial charge in [0.15, 0.2) is 0 Å². The molecule has 0 rings (SSSR count). The minimum Gasteiger partial charge on any atom is -0.469 e. The fourth-order valence-corrected chi connectivity index (χ4v) is 1.80. The van der Waals surface area contributed by atoms with E-state index in [0.717, 1.165) is 12.8 Å². The van der Waals surface area contributed by atoms with Crippen molar-refractivity contribution in [2.75, 3.05) is 13.7 Å². The molecule has 2 unspecified atom stereocenters. The molecule has 0 aliphatic rings. The lowest BCUT2D eigenvalue weighted by Crippen LogP contribution is -2.24. The van der Waals surface area contributed by atoms with E-state index in [-0.39, 0.29) is 17.9 Å². The molecule has 0 aromatic carbocycles. The lowest BCUT2D eigenvalue weighted by molar-refractivity contribution is -0.146. The van der Waals surface area contributed by atoms with Gasteiger partial charge in [-0.2, -0.15) is 0 Å². The predicted molar refractivity (Wildman–Crippen MR) is 64.4 cm³/mol. The van der Waals surface area contributed by atoms with Crippen LogP contribution in [0.1, 0.15) is 33.1 Å². The lowest BCUT2D eigenvalue weighted by atomic mass is 10.1. The largest absolute Gasteiger partial charge is 0.469 e. The molecule has 0 aliphatic heterocycles. The standard InChI is InChI=1S/C11H19BrO4/c1-4-5-6-16-11(14)9(12)7-8(2)10(13)15-3/h8-9H,4-7H2,1-3H3. The lowest BCUT2D eigenvalue weighted by Gasteiger charge is -2.13. The molecule has 0 fully saturated rings. The molecule has 0 heterocycles. The minimum absolute atomic E-state index is 0.312. The van der Waals surface area contributed by atoms with Crippen molar-refractivity contribution in [3.8, 4) is 0 Å². The van der Waals surface area contributed by atoms with Gasteiger partial charge in [-0.3, -0.25) is 9.59 Å². The third-order valence-corrected chi connectivity index (χ3v) is 2.91. The highest BCUT2D eigenvalue weighted by Crippen LogP contribution is 2.16. The molecule has 0 aromatic heterocycles. The Balaban J connectivity index is 3.90. The van der Waals surface area contributed by atoms with E-state index < -0.39 is 4.83 Å². The van der Waals surface area contributed by atoms with E-state index in [1.807, 2.05) is 6.92 Å². The maximum absolute atomic E-state index is 11.4. The molecule has 2 atom stereocenters. The summed E-state index contributed by atoms with van der Waals surface area (Å²) in [5.74, 6) is -0.942. The average Bonchev–Trinajstić information content (AvgIpc) is 2.27. The van der Waals surface area contributed by atoms with Crippen molar-refractivity contribution in [3.63, 3.8) is 0 Å². The van der Waals surface area contributed by atoms with Gasteiger partial charge in [-0.05, 0) is 12.8 Å². The first kappa shape index (κ1) is 15.4. The van der Waals surface area contributed by atoms with E-state index in [1.54, 1.807) is 6.92 Å². The SMILES string of the molecule is CCCCOC(=O)C(Br)CC(C)C(=O)OC. The number of hydrogen-bond donors (Lipinski definition) is 0. The molecule has 0 radical (unpaired) electrons. The fourth-order valence-electron chi connectivity index (χ4n) is 1.11. The number of ether oxygens (including phenoxy) is 2. The van der Waals surface area contributed by atoms with Crippen LogP contribution in [0.25, 0.3) is 0 Å². The van der Waals surface area contributed by atoms with E-state index >= 15 is 0 Å². The highest BCUT2D eigenvalue weighted by atomic mass is 79.9.